The summed E-state index contributed by atoms with van der Waals surface area (Å²) in [5.41, 5.74) is 1.09. The summed E-state index contributed by atoms with van der Waals surface area (Å²) in [5.74, 6) is 0. The Morgan fingerprint density at radius 3 is 1.95 bits per heavy atom. The third-order valence-corrected chi connectivity index (χ3v) is 9.66. The second kappa shape index (κ2) is 13.5. The van der Waals surface area contributed by atoms with Gasteiger partial charge in [-0.3, -0.25) is 4.98 Å². The van der Waals surface area contributed by atoms with Crippen LogP contribution in [0.15, 0.2) is 146 Å². The van der Waals surface area contributed by atoms with E-state index in [2.05, 4.69) is 16.4 Å². The first-order chi connectivity index (χ1) is 26.4. The van der Waals surface area contributed by atoms with E-state index in [9.17, 15) is 31.6 Å². The van der Waals surface area contributed by atoms with Crippen molar-refractivity contribution in [3.63, 3.8) is 0 Å². The van der Waals surface area contributed by atoms with E-state index < -0.39 is 29.0 Å². The number of nitriles is 1. The maximum Gasteiger partial charge on any atom is 0.417 e. The molecule has 0 aliphatic rings. The van der Waals surface area contributed by atoms with E-state index in [0.29, 0.717) is 45.2 Å². The zero-order chi connectivity index (χ0) is 38.5. The highest BCUT2D eigenvalue weighted by molar-refractivity contribution is 6.11. The van der Waals surface area contributed by atoms with Gasteiger partial charge < -0.3 is 9.88 Å². The first-order valence-electron chi connectivity index (χ1n) is 17.2. The van der Waals surface area contributed by atoms with Crippen molar-refractivity contribution < 1.29 is 26.3 Å². The van der Waals surface area contributed by atoms with Gasteiger partial charge in [0.2, 0.25) is 0 Å². The highest BCUT2D eigenvalue weighted by atomic mass is 19.4. The molecule has 0 saturated heterocycles. The van der Waals surface area contributed by atoms with Crippen LogP contribution in [0.5, 0.6) is 0 Å². The van der Waals surface area contributed by atoms with Crippen LogP contribution >= 0.6 is 0 Å². The minimum absolute atomic E-state index is 0.0284. The predicted octanol–water partition coefficient (Wildman–Crippen LogP) is 13.1. The number of nitrogens with one attached hydrogen (secondary N) is 1. The first-order valence-corrected chi connectivity index (χ1v) is 17.2. The van der Waals surface area contributed by atoms with Gasteiger partial charge in [0.15, 0.2) is 0 Å². The average molecular weight is 739 g/mol. The Morgan fingerprint density at radius 1 is 0.582 bits per heavy atom. The summed E-state index contributed by atoms with van der Waals surface area (Å²) in [6, 6.07) is 40.0. The number of anilines is 2. The quantitative estimate of drug-likeness (QED) is 0.173. The molecule has 0 radical (unpaired) electrons. The number of para-hydroxylation sites is 2. The number of rotatable bonds is 6. The third kappa shape index (κ3) is 6.44. The standard InChI is InChI=1S/C45H28F6N4/c1-27-10-5-7-16-36(27)54-38-22-28(26-52)23-41(43(38)42-34(44(46,47)48)14-9-15-35(42)45(49,50)51)55-39-17-8-6-13-32(39)33-24-30(18-19-40(33)55)31-20-21-53-37(25-31)29-11-3-2-4-12-29/h2-25,54H,1H3. The lowest BCUT2D eigenvalue weighted by Crippen LogP contribution is -2.16. The Bertz CT molecular complexity index is 2760. The van der Waals surface area contributed by atoms with E-state index in [4.69, 9.17) is 0 Å². The lowest BCUT2D eigenvalue weighted by molar-refractivity contribution is -0.142. The van der Waals surface area contributed by atoms with Gasteiger partial charge in [0.25, 0.3) is 0 Å². The number of fused-ring (bicyclic) bond motifs is 3. The summed E-state index contributed by atoms with van der Waals surface area (Å²) in [6.07, 6.45) is -8.62. The topological polar surface area (TPSA) is 53.6 Å². The van der Waals surface area contributed by atoms with Crippen molar-refractivity contribution >= 4 is 33.2 Å². The predicted molar refractivity (Wildman–Crippen MR) is 204 cm³/mol. The van der Waals surface area contributed by atoms with Gasteiger partial charge in [-0.2, -0.15) is 31.6 Å². The SMILES string of the molecule is Cc1ccccc1Nc1cc(C#N)cc(-n2c3ccccc3c3cc(-c4ccnc(-c5ccccc5)c4)ccc32)c1-c1c(C(F)(F)F)cccc1C(F)(F)F. The van der Waals surface area contributed by atoms with Crippen molar-refractivity contribution in [1.29, 1.82) is 5.26 Å². The minimum Gasteiger partial charge on any atom is -0.355 e. The summed E-state index contributed by atoms with van der Waals surface area (Å²) < 4.78 is 91.3. The lowest BCUT2D eigenvalue weighted by Gasteiger charge is -2.25. The van der Waals surface area contributed by atoms with Crippen molar-refractivity contribution in [3.8, 4) is 45.3 Å². The summed E-state index contributed by atoms with van der Waals surface area (Å²) in [5, 5.41) is 14.8. The van der Waals surface area contributed by atoms with Gasteiger partial charge in [0.1, 0.15) is 0 Å². The van der Waals surface area contributed by atoms with Crippen LogP contribution in [0.4, 0.5) is 37.7 Å². The Morgan fingerprint density at radius 2 is 1.24 bits per heavy atom. The number of hydrogen-bond donors (Lipinski definition) is 1. The van der Waals surface area contributed by atoms with Crippen molar-refractivity contribution in [2.45, 2.75) is 19.3 Å². The molecule has 0 aliphatic heterocycles. The number of hydrogen-bond acceptors (Lipinski definition) is 3. The molecule has 0 aliphatic carbocycles. The number of halogens is 6. The molecule has 0 amide bonds. The van der Waals surface area contributed by atoms with Crippen LogP contribution in [0, 0.1) is 18.3 Å². The van der Waals surface area contributed by atoms with Gasteiger partial charge >= 0.3 is 12.4 Å². The molecule has 0 saturated carbocycles. The molecular weight excluding hydrogens is 711 g/mol. The number of benzene rings is 6. The largest absolute Gasteiger partial charge is 0.417 e. The van der Waals surface area contributed by atoms with Crippen molar-refractivity contribution in [3.05, 3.63) is 168 Å². The fourth-order valence-electron chi connectivity index (χ4n) is 7.17. The molecule has 2 aromatic heterocycles. The minimum atomic E-state index is -5.17. The van der Waals surface area contributed by atoms with E-state index in [0.717, 1.165) is 28.5 Å². The Hall–Kier alpha value is -6.86. The molecule has 8 rings (SSSR count). The van der Waals surface area contributed by atoms with Crippen LogP contribution in [0.25, 0.3) is 61.0 Å². The Labute approximate surface area is 311 Å². The molecule has 1 N–H and O–H groups in total. The van der Waals surface area contributed by atoms with Gasteiger partial charge in [-0.15, -0.1) is 0 Å². The molecule has 0 bridgehead atoms. The zero-order valence-electron chi connectivity index (χ0n) is 29.0. The Kier molecular flexibility index (Phi) is 8.65. The van der Waals surface area contributed by atoms with Crippen molar-refractivity contribution in [2.75, 3.05) is 5.32 Å². The monoisotopic (exact) mass is 738 g/mol. The van der Waals surface area contributed by atoms with Gasteiger partial charge in [-0.1, -0.05) is 78.9 Å². The molecule has 2 heterocycles. The van der Waals surface area contributed by atoms with Gasteiger partial charge in [-0.25, -0.2) is 0 Å². The molecule has 8 aromatic rings. The highest BCUT2D eigenvalue weighted by Crippen LogP contribution is 2.50. The molecule has 4 nitrogen and oxygen atoms in total. The maximum absolute atomic E-state index is 14.9. The van der Waals surface area contributed by atoms with E-state index in [-0.39, 0.29) is 22.5 Å². The molecule has 0 spiro atoms. The highest BCUT2D eigenvalue weighted by Gasteiger charge is 2.42. The number of pyridine rings is 1. The summed E-state index contributed by atoms with van der Waals surface area (Å²) in [7, 11) is 0. The number of nitrogens with zero attached hydrogens (tertiary/aromatic N) is 3. The van der Waals surface area contributed by atoms with Gasteiger partial charge in [-0.05, 0) is 84.3 Å². The molecule has 55 heavy (non-hydrogen) atoms. The number of aryl methyl sites for hydroxylation is 1. The fraction of sp³-hybridized carbons (Fsp3) is 0.0667. The van der Waals surface area contributed by atoms with Crippen molar-refractivity contribution in [2.24, 2.45) is 0 Å². The second-order valence-electron chi connectivity index (χ2n) is 13.1. The third-order valence-electron chi connectivity index (χ3n) is 9.66. The van der Waals surface area contributed by atoms with E-state index >= 15 is 0 Å². The summed E-state index contributed by atoms with van der Waals surface area (Å²) in [6.45, 7) is 1.76. The average Bonchev–Trinajstić information content (AvgIpc) is 3.51. The van der Waals surface area contributed by atoms with E-state index in [1.54, 1.807) is 60.2 Å². The molecule has 0 fully saturated rings. The maximum atomic E-state index is 14.9. The summed E-state index contributed by atoms with van der Waals surface area (Å²) >= 11 is 0. The molecular formula is C45H28F6N4. The van der Waals surface area contributed by atoms with Crippen LogP contribution in [0.1, 0.15) is 22.3 Å². The lowest BCUT2D eigenvalue weighted by atomic mass is 9.89. The molecule has 10 heteroatoms. The summed E-state index contributed by atoms with van der Waals surface area (Å²) in [4.78, 5) is 4.54. The van der Waals surface area contributed by atoms with Gasteiger partial charge in [0.05, 0.1) is 45.2 Å². The van der Waals surface area contributed by atoms with Crippen LogP contribution in [0.2, 0.25) is 0 Å². The van der Waals surface area contributed by atoms with Crippen LogP contribution in [-0.2, 0) is 12.4 Å². The van der Waals surface area contributed by atoms with Crippen LogP contribution in [-0.4, -0.2) is 9.55 Å². The Balaban J connectivity index is 1.47. The van der Waals surface area contributed by atoms with Crippen LogP contribution in [0.3, 0.4) is 0 Å². The fourth-order valence-corrected chi connectivity index (χ4v) is 7.17. The van der Waals surface area contributed by atoms with Crippen molar-refractivity contribution in [1.82, 2.24) is 9.55 Å². The van der Waals surface area contributed by atoms with Crippen LogP contribution < -0.4 is 5.32 Å². The normalized spacial score (nSPS) is 11.9. The zero-order valence-corrected chi connectivity index (χ0v) is 29.0. The number of alkyl halides is 6. The van der Waals surface area contributed by atoms with Gasteiger partial charge in [0, 0.05) is 45.0 Å². The second-order valence-corrected chi connectivity index (χ2v) is 13.1. The molecule has 270 valence electrons. The van der Waals surface area contributed by atoms with E-state index in [1.807, 2.05) is 66.7 Å². The van der Waals surface area contributed by atoms with E-state index in [1.165, 1.54) is 12.1 Å². The number of aromatic nitrogens is 2. The first kappa shape index (κ1) is 35.2. The molecule has 6 aromatic carbocycles. The smallest absolute Gasteiger partial charge is 0.355 e. The molecule has 0 atom stereocenters. The molecule has 0 unspecified atom stereocenters.